The maximum Gasteiger partial charge on any atom is 0.250 e. The van der Waals surface area contributed by atoms with Gasteiger partial charge in [-0.1, -0.05) is 31.2 Å². The number of aromatic nitrogens is 1. The third kappa shape index (κ3) is 3.20. The number of rotatable bonds is 3. The van der Waals surface area contributed by atoms with Crippen molar-refractivity contribution in [3.8, 4) is 0 Å². The Morgan fingerprint density at radius 2 is 1.92 bits per heavy atom. The lowest BCUT2D eigenvalue weighted by Gasteiger charge is -2.31. The quantitative estimate of drug-likeness (QED) is 0.868. The van der Waals surface area contributed by atoms with Crippen molar-refractivity contribution in [2.45, 2.75) is 32.5 Å². The number of pyridine rings is 1. The molecule has 1 aromatic carbocycles. The average molecular weight is 325 g/mol. The van der Waals surface area contributed by atoms with E-state index in [4.69, 9.17) is 0 Å². The summed E-state index contributed by atoms with van der Waals surface area (Å²) in [6.07, 6.45) is 2.55. The first kappa shape index (κ1) is 16.3. The molecule has 0 saturated heterocycles. The Bertz CT molecular complexity index is 784. The van der Waals surface area contributed by atoms with E-state index in [1.54, 1.807) is 18.3 Å². The Morgan fingerprint density at radius 1 is 1.17 bits per heavy atom. The zero-order chi connectivity index (χ0) is 17.1. The van der Waals surface area contributed by atoms with Gasteiger partial charge in [0, 0.05) is 44.1 Å². The Morgan fingerprint density at radius 3 is 2.67 bits per heavy atom. The van der Waals surface area contributed by atoms with Gasteiger partial charge in [-0.2, -0.15) is 0 Å². The van der Waals surface area contributed by atoms with E-state index in [1.807, 2.05) is 17.0 Å². The summed E-state index contributed by atoms with van der Waals surface area (Å²) in [6.45, 7) is 3.56. The highest BCUT2D eigenvalue weighted by Crippen LogP contribution is 2.27. The van der Waals surface area contributed by atoms with Crippen LogP contribution in [-0.4, -0.2) is 35.0 Å². The molecule has 2 aromatic rings. The molecule has 5 nitrogen and oxygen atoms in total. The Balaban J connectivity index is 1.89. The lowest BCUT2D eigenvalue weighted by atomic mass is 10.1. The molecule has 0 aliphatic carbocycles. The van der Waals surface area contributed by atoms with Gasteiger partial charge in [0.05, 0.1) is 0 Å². The van der Waals surface area contributed by atoms with Gasteiger partial charge in [0.15, 0.2) is 0 Å². The molecule has 0 radical (unpaired) electrons. The molecule has 3 rings (SSSR count). The van der Waals surface area contributed by atoms with Gasteiger partial charge in [0.2, 0.25) is 5.91 Å². The summed E-state index contributed by atoms with van der Waals surface area (Å²) in [7, 11) is 2.07. The fourth-order valence-corrected chi connectivity index (χ4v) is 3.31. The lowest BCUT2D eigenvalue weighted by Crippen LogP contribution is -2.45. The summed E-state index contributed by atoms with van der Waals surface area (Å²) < 4.78 is 1.47. The van der Waals surface area contributed by atoms with E-state index in [9.17, 15) is 9.59 Å². The molecule has 1 aliphatic rings. The number of benzene rings is 1. The highest BCUT2D eigenvalue weighted by Gasteiger charge is 2.28. The number of fused-ring (bicyclic) bond motifs is 1. The minimum Gasteiger partial charge on any atom is -0.372 e. The van der Waals surface area contributed by atoms with E-state index in [0.717, 1.165) is 18.5 Å². The van der Waals surface area contributed by atoms with Crippen LogP contribution in [0.1, 0.15) is 18.9 Å². The second-order valence-corrected chi connectivity index (χ2v) is 6.26. The summed E-state index contributed by atoms with van der Waals surface area (Å²) >= 11 is 0. The van der Waals surface area contributed by atoms with Crippen LogP contribution in [0.25, 0.3) is 0 Å². The molecule has 2 heterocycles. The summed E-state index contributed by atoms with van der Waals surface area (Å²) in [5.74, 6) is -0.0137. The molecule has 0 bridgehead atoms. The minimum atomic E-state index is -0.147. The van der Waals surface area contributed by atoms with Gasteiger partial charge < -0.3 is 14.4 Å². The Labute approximate surface area is 142 Å². The van der Waals surface area contributed by atoms with Crippen LogP contribution < -0.4 is 10.5 Å². The van der Waals surface area contributed by atoms with E-state index in [1.165, 1.54) is 16.3 Å². The predicted molar refractivity (Wildman–Crippen MR) is 95.0 cm³/mol. The monoisotopic (exact) mass is 325 g/mol. The fraction of sp³-hybridized carbons (Fsp3) is 0.368. The smallest absolute Gasteiger partial charge is 0.250 e. The van der Waals surface area contributed by atoms with E-state index < -0.39 is 0 Å². The van der Waals surface area contributed by atoms with Crippen LogP contribution in [0.3, 0.4) is 0 Å². The van der Waals surface area contributed by atoms with Crippen LogP contribution in [0, 0.1) is 0 Å². The number of hydrogen-bond donors (Lipinski definition) is 0. The first-order valence-corrected chi connectivity index (χ1v) is 8.34. The number of amides is 1. The third-order valence-electron chi connectivity index (χ3n) is 4.67. The van der Waals surface area contributed by atoms with Gasteiger partial charge in [0.1, 0.15) is 6.54 Å². The molecular weight excluding hydrogens is 302 g/mol. The second kappa shape index (κ2) is 6.91. The standard InChI is InChI=1S/C19H23N3O2/c1-3-16-13-20(2)17-9-5-4-8-15(17)12-22(16)19(24)14-21-11-7-6-10-18(21)23/h4-11,16H,3,12-14H2,1-2H3. The van der Waals surface area contributed by atoms with Crippen LogP contribution in [0.4, 0.5) is 5.69 Å². The highest BCUT2D eigenvalue weighted by molar-refractivity contribution is 5.77. The second-order valence-electron chi connectivity index (χ2n) is 6.26. The number of para-hydroxylation sites is 1. The maximum absolute atomic E-state index is 12.9. The molecule has 0 spiro atoms. The van der Waals surface area contributed by atoms with Crippen LogP contribution in [0.2, 0.25) is 0 Å². The highest BCUT2D eigenvalue weighted by atomic mass is 16.2. The molecular formula is C19H23N3O2. The summed E-state index contributed by atoms with van der Waals surface area (Å²) in [5, 5.41) is 0. The topological polar surface area (TPSA) is 45.5 Å². The molecule has 24 heavy (non-hydrogen) atoms. The van der Waals surface area contributed by atoms with Gasteiger partial charge in [-0.3, -0.25) is 9.59 Å². The summed E-state index contributed by atoms with van der Waals surface area (Å²) in [5.41, 5.74) is 2.17. The van der Waals surface area contributed by atoms with Gasteiger partial charge in [-0.05, 0) is 24.1 Å². The van der Waals surface area contributed by atoms with Crippen LogP contribution in [0.15, 0.2) is 53.5 Å². The predicted octanol–water partition coefficient (Wildman–Crippen LogP) is 2.11. The molecule has 0 fully saturated rings. The third-order valence-corrected chi connectivity index (χ3v) is 4.67. The zero-order valence-electron chi connectivity index (χ0n) is 14.2. The lowest BCUT2D eigenvalue weighted by molar-refractivity contribution is -0.134. The van der Waals surface area contributed by atoms with E-state index in [2.05, 4.69) is 31.0 Å². The molecule has 1 atom stereocenters. The summed E-state index contributed by atoms with van der Waals surface area (Å²) in [6, 6.07) is 13.3. The molecule has 1 unspecified atom stereocenters. The Kier molecular flexibility index (Phi) is 4.69. The molecule has 5 heteroatoms. The van der Waals surface area contributed by atoms with Crippen molar-refractivity contribution in [1.29, 1.82) is 0 Å². The molecule has 1 aromatic heterocycles. The van der Waals surface area contributed by atoms with Gasteiger partial charge >= 0.3 is 0 Å². The SMILES string of the molecule is CCC1CN(C)c2ccccc2CN1C(=O)Cn1ccccc1=O. The van der Waals surface area contributed by atoms with Crippen molar-refractivity contribution < 1.29 is 4.79 Å². The van der Waals surface area contributed by atoms with Crippen molar-refractivity contribution in [3.63, 3.8) is 0 Å². The Hall–Kier alpha value is -2.56. The first-order valence-electron chi connectivity index (χ1n) is 8.34. The number of carbonyl (C=O) groups excluding carboxylic acids is 1. The van der Waals surface area contributed by atoms with E-state index >= 15 is 0 Å². The van der Waals surface area contributed by atoms with Gasteiger partial charge in [0.25, 0.3) is 5.56 Å². The number of hydrogen-bond acceptors (Lipinski definition) is 3. The van der Waals surface area contributed by atoms with Crippen LogP contribution in [0.5, 0.6) is 0 Å². The first-order chi connectivity index (χ1) is 11.6. The minimum absolute atomic E-state index is 0.0137. The van der Waals surface area contributed by atoms with Crippen molar-refractivity contribution in [3.05, 3.63) is 64.6 Å². The zero-order valence-corrected chi connectivity index (χ0v) is 14.2. The fourth-order valence-electron chi connectivity index (χ4n) is 3.31. The molecule has 126 valence electrons. The molecule has 0 saturated carbocycles. The van der Waals surface area contributed by atoms with Crippen LogP contribution in [-0.2, 0) is 17.9 Å². The molecule has 0 N–H and O–H groups in total. The largest absolute Gasteiger partial charge is 0.372 e. The van der Waals surface area contributed by atoms with Gasteiger partial charge in [-0.25, -0.2) is 0 Å². The normalized spacial score (nSPS) is 17.3. The number of carbonyl (C=O) groups is 1. The number of nitrogens with zero attached hydrogens (tertiary/aromatic N) is 3. The average Bonchev–Trinajstić information content (AvgIpc) is 2.74. The van der Waals surface area contributed by atoms with Crippen molar-refractivity contribution in [2.75, 3.05) is 18.5 Å². The van der Waals surface area contributed by atoms with Crippen molar-refractivity contribution >= 4 is 11.6 Å². The molecule has 1 amide bonds. The number of anilines is 1. The maximum atomic E-state index is 12.9. The van der Waals surface area contributed by atoms with E-state index in [-0.39, 0.29) is 24.1 Å². The van der Waals surface area contributed by atoms with Crippen molar-refractivity contribution in [1.82, 2.24) is 9.47 Å². The van der Waals surface area contributed by atoms with Crippen molar-refractivity contribution in [2.24, 2.45) is 0 Å². The number of likely N-dealkylation sites (N-methyl/N-ethyl adjacent to an activating group) is 1. The van der Waals surface area contributed by atoms with Gasteiger partial charge in [-0.15, -0.1) is 0 Å². The van der Waals surface area contributed by atoms with E-state index in [0.29, 0.717) is 6.54 Å². The van der Waals surface area contributed by atoms with Crippen LogP contribution >= 0.6 is 0 Å². The molecule has 1 aliphatic heterocycles. The summed E-state index contributed by atoms with van der Waals surface area (Å²) in [4.78, 5) is 28.9.